The molecule has 1 aromatic carbocycles. The largest absolute Gasteiger partial charge is 0.376 e. The molecule has 0 aromatic heterocycles. The lowest BCUT2D eigenvalue weighted by molar-refractivity contribution is 0.0807. The molecule has 1 aliphatic heterocycles. The number of hydrogen-bond donors (Lipinski definition) is 1. The van der Waals surface area contributed by atoms with Crippen molar-refractivity contribution in [1.82, 2.24) is 5.32 Å². The Morgan fingerprint density at radius 2 is 2.00 bits per heavy atom. The highest BCUT2D eigenvalue weighted by Crippen LogP contribution is 2.28. The molecular formula is C14H20FNO. The molecule has 2 atom stereocenters. The van der Waals surface area contributed by atoms with Crippen LogP contribution in [0.1, 0.15) is 35.6 Å². The van der Waals surface area contributed by atoms with E-state index in [0.717, 1.165) is 25.0 Å². The summed E-state index contributed by atoms with van der Waals surface area (Å²) in [7, 11) is 1.93. The second kappa shape index (κ2) is 5.15. The number of likely N-dealkylation sites (N-methyl/N-ethyl adjacent to an activating group) is 1. The summed E-state index contributed by atoms with van der Waals surface area (Å²) in [5, 5.41) is 3.29. The Balaban J connectivity index is 2.30. The van der Waals surface area contributed by atoms with Crippen LogP contribution in [0.3, 0.4) is 0 Å². The Morgan fingerprint density at radius 1 is 1.35 bits per heavy atom. The predicted molar refractivity (Wildman–Crippen MR) is 66.6 cm³/mol. The minimum Gasteiger partial charge on any atom is -0.376 e. The van der Waals surface area contributed by atoms with Gasteiger partial charge in [0.25, 0.3) is 0 Å². The van der Waals surface area contributed by atoms with Crippen molar-refractivity contribution in [3.8, 4) is 0 Å². The summed E-state index contributed by atoms with van der Waals surface area (Å²) in [4.78, 5) is 0. The van der Waals surface area contributed by atoms with Gasteiger partial charge >= 0.3 is 0 Å². The molecule has 1 aromatic rings. The third-order valence-corrected chi connectivity index (χ3v) is 3.47. The Morgan fingerprint density at radius 3 is 2.47 bits per heavy atom. The Hall–Kier alpha value is -0.930. The van der Waals surface area contributed by atoms with Crippen molar-refractivity contribution >= 4 is 0 Å². The molecule has 0 amide bonds. The molecule has 0 bridgehead atoms. The number of aryl methyl sites for hydroxylation is 2. The van der Waals surface area contributed by atoms with E-state index in [1.807, 2.05) is 33.0 Å². The molecule has 2 nitrogen and oxygen atoms in total. The maximum atomic E-state index is 13.6. The molecule has 3 heteroatoms. The first kappa shape index (κ1) is 12.5. The zero-order valence-corrected chi connectivity index (χ0v) is 10.7. The monoisotopic (exact) mass is 237 g/mol. The van der Waals surface area contributed by atoms with Crippen LogP contribution in [0, 0.1) is 19.7 Å². The molecule has 0 radical (unpaired) electrons. The molecular weight excluding hydrogens is 217 g/mol. The molecule has 94 valence electrons. The minimum atomic E-state index is -0.101. The lowest BCUT2D eigenvalue weighted by Crippen LogP contribution is -2.29. The average molecular weight is 237 g/mol. The summed E-state index contributed by atoms with van der Waals surface area (Å²) in [6.07, 6.45) is 2.40. The average Bonchev–Trinajstić information content (AvgIpc) is 2.80. The molecule has 0 saturated carbocycles. The first-order valence-corrected chi connectivity index (χ1v) is 6.19. The summed E-state index contributed by atoms with van der Waals surface area (Å²) in [6.45, 7) is 4.46. The van der Waals surface area contributed by atoms with Crippen LogP contribution in [0.2, 0.25) is 0 Å². The standard InChI is InChI=1S/C14H20FNO/c1-9-7-11(8-10(2)13(9)15)14(16-3)12-5-4-6-17-12/h7-8,12,14,16H,4-6H2,1-3H3. The highest BCUT2D eigenvalue weighted by Gasteiger charge is 2.26. The third kappa shape index (κ3) is 2.50. The van der Waals surface area contributed by atoms with Gasteiger partial charge in [-0.25, -0.2) is 4.39 Å². The molecule has 0 spiro atoms. The number of ether oxygens (including phenoxy) is 1. The van der Waals surface area contributed by atoms with Gasteiger partial charge < -0.3 is 10.1 Å². The van der Waals surface area contributed by atoms with Gasteiger partial charge in [-0.2, -0.15) is 0 Å². The Kier molecular flexibility index (Phi) is 3.79. The number of rotatable bonds is 3. The van der Waals surface area contributed by atoms with E-state index in [-0.39, 0.29) is 18.0 Å². The van der Waals surface area contributed by atoms with Crippen LogP contribution >= 0.6 is 0 Å². The molecule has 1 fully saturated rings. The number of nitrogens with one attached hydrogen (secondary N) is 1. The summed E-state index contributed by atoms with van der Waals surface area (Å²) in [5.41, 5.74) is 2.53. The highest BCUT2D eigenvalue weighted by molar-refractivity contribution is 5.33. The van der Waals surface area contributed by atoms with Gasteiger partial charge in [0.15, 0.2) is 0 Å². The van der Waals surface area contributed by atoms with Crippen molar-refractivity contribution in [1.29, 1.82) is 0 Å². The summed E-state index contributed by atoms with van der Waals surface area (Å²) < 4.78 is 19.3. The van der Waals surface area contributed by atoms with Gasteiger partial charge in [-0.05, 0) is 50.4 Å². The SMILES string of the molecule is CNC(c1cc(C)c(F)c(C)c1)C1CCCO1. The van der Waals surface area contributed by atoms with E-state index >= 15 is 0 Å². The quantitative estimate of drug-likeness (QED) is 0.872. The van der Waals surface area contributed by atoms with E-state index < -0.39 is 0 Å². The van der Waals surface area contributed by atoms with E-state index in [2.05, 4.69) is 5.32 Å². The fourth-order valence-electron chi connectivity index (χ4n) is 2.59. The zero-order chi connectivity index (χ0) is 12.4. The van der Waals surface area contributed by atoms with Crippen molar-refractivity contribution in [2.24, 2.45) is 0 Å². The summed E-state index contributed by atoms with van der Waals surface area (Å²) in [6, 6.07) is 4.01. The van der Waals surface area contributed by atoms with Crippen molar-refractivity contribution < 1.29 is 9.13 Å². The third-order valence-electron chi connectivity index (χ3n) is 3.47. The molecule has 0 aliphatic carbocycles. The van der Waals surface area contributed by atoms with Gasteiger partial charge in [0.1, 0.15) is 5.82 Å². The van der Waals surface area contributed by atoms with Crippen LogP contribution < -0.4 is 5.32 Å². The van der Waals surface area contributed by atoms with Crippen LogP contribution in [-0.4, -0.2) is 19.8 Å². The zero-order valence-electron chi connectivity index (χ0n) is 10.7. The van der Waals surface area contributed by atoms with Crippen LogP contribution in [0.15, 0.2) is 12.1 Å². The fraction of sp³-hybridized carbons (Fsp3) is 0.571. The van der Waals surface area contributed by atoms with E-state index in [0.29, 0.717) is 11.1 Å². The first-order valence-electron chi connectivity index (χ1n) is 6.19. The molecule has 1 N–H and O–H groups in total. The van der Waals surface area contributed by atoms with Crippen LogP contribution in [0.5, 0.6) is 0 Å². The first-order chi connectivity index (χ1) is 8.13. The maximum absolute atomic E-state index is 13.6. The molecule has 1 heterocycles. The lowest BCUT2D eigenvalue weighted by atomic mass is 9.96. The van der Waals surface area contributed by atoms with E-state index in [4.69, 9.17) is 4.74 Å². The second-order valence-electron chi connectivity index (χ2n) is 4.79. The smallest absolute Gasteiger partial charge is 0.129 e. The molecule has 17 heavy (non-hydrogen) atoms. The van der Waals surface area contributed by atoms with Crippen LogP contribution in [0.4, 0.5) is 4.39 Å². The minimum absolute atomic E-state index is 0.101. The lowest BCUT2D eigenvalue weighted by Gasteiger charge is -2.24. The number of benzene rings is 1. The Bertz CT molecular complexity index is 376. The van der Waals surface area contributed by atoms with Crippen molar-refractivity contribution in [2.75, 3.05) is 13.7 Å². The molecule has 2 rings (SSSR count). The van der Waals surface area contributed by atoms with Gasteiger partial charge in [0.2, 0.25) is 0 Å². The molecule has 2 unspecified atom stereocenters. The molecule has 1 saturated heterocycles. The van der Waals surface area contributed by atoms with Gasteiger partial charge in [-0.3, -0.25) is 0 Å². The van der Waals surface area contributed by atoms with Crippen LogP contribution in [0.25, 0.3) is 0 Å². The molecule has 1 aliphatic rings. The predicted octanol–water partition coefficient (Wildman–Crippen LogP) is 2.88. The van der Waals surface area contributed by atoms with Gasteiger partial charge in [-0.1, -0.05) is 12.1 Å². The summed E-state index contributed by atoms with van der Waals surface area (Å²) >= 11 is 0. The second-order valence-corrected chi connectivity index (χ2v) is 4.79. The fourth-order valence-corrected chi connectivity index (χ4v) is 2.59. The topological polar surface area (TPSA) is 21.3 Å². The van der Waals surface area contributed by atoms with E-state index in [1.165, 1.54) is 0 Å². The highest BCUT2D eigenvalue weighted by atomic mass is 19.1. The van der Waals surface area contributed by atoms with Crippen LogP contribution in [-0.2, 0) is 4.74 Å². The van der Waals surface area contributed by atoms with Crippen molar-refractivity contribution in [3.63, 3.8) is 0 Å². The summed E-state index contributed by atoms with van der Waals surface area (Å²) in [5.74, 6) is -0.101. The van der Waals surface area contributed by atoms with Gasteiger partial charge in [0.05, 0.1) is 12.1 Å². The normalized spacial score (nSPS) is 21.8. The van der Waals surface area contributed by atoms with Crippen molar-refractivity contribution in [2.45, 2.75) is 38.8 Å². The van der Waals surface area contributed by atoms with E-state index in [1.54, 1.807) is 0 Å². The Labute approximate surface area is 102 Å². The number of hydrogen-bond acceptors (Lipinski definition) is 2. The van der Waals surface area contributed by atoms with Crippen molar-refractivity contribution in [3.05, 3.63) is 34.6 Å². The maximum Gasteiger partial charge on any atom is 0.129 e. The number of halogens is 1. The van der Waals surface area contributed by atoms with E-state index in [9.17, 15) is 4.39 Å². The van der Waals surface area contributed by atoms with Gasteiger partial charge in [-0.15, -0.1) is 0 Å². The van der Waals surface area contributed by atoms with Gasteiger partial charge in [0, 0.05) is 6.61 Å².